The minimum absolute atomic E-state index is 0.131. The summed E-state index contributed by atoms with van der Waals surface area (Å²) in [5.41, 5.74) is 2.48. The van der Waals surface area contributed by atoms with Gasteiger partial charge in [0.15, 0.2) is 0 Å². The molecule has 0 saturated carbocycles. The first-order valence-corrected chi connectivity index (χ1v) is 8.67. The van der Waals surface area contributed by atoms with Crippen molar-refractivity contribution in [3.63, 3.8) is 0 Å². The van der Waals surface area contributed by atoms with Crippen molar-refractivity contribution in [2.24, 2.45) is 0 Å². The van der Waals surface area contributed by atoms with Gasteiger partial charge in [0.2, 0.25) is 15.0 Å². The minimum atomic E-state index is -3.39. The molecule has 0 radical (unpaired) electrons. The normalized spacial score (nSPS) is 15.5. The Morgan fingerprint density at radius 3 is 2.86 bits per heavy atom. The number of hydrogen-bond donors (Lipinski definition) is 0. The molecule has 0 N–H and O–H groups in total. The van der Waals surface area contributed by atoms with Crippen LogP contribution in [-0.2, 0) is 29.3 Å². The highest BCUT2D eigenvalue weighted by Gasteiger charge is 2.21. The first-order valence-electron chi connectivity index (χ1n) is 6.78. The molecule has 6 nitrogen and oxygen atoms in total. The standard InChI is InChI=1S/C14H15FN4O2S/c1-22(20,21)14-17-6-11-9-19(3-2-13(11)18-14)8-10-4-12(15)7-16-5-10/h4-7H,2-3,8-9H2,1H3. The molecule has 1 aliphatic rings. The number of fused-ring (bicyclic) bond motifs is 1. The first-order chi connectivity index (χ1) is 10.4. The van der Waals surface area contributed by atoms with Crippen LogP contribution < -0.4 is 0 Å². The van der Waals surface area contributed by atoms with E-state index in [9.17, 15) is 12.8 Å². The maximum Gasteiger partial charge on any atom is 0.246 e. The molecule has 0 unspecified atom stereocenters. The largest absolute Gasteiger partial charge is 0.294 e. The lowest BCUT2D eigenvalue weighted by Crippen LogP contribution is -2.31. The number of pyridine rings is 1. The average molecular weight is 322 g/mol. The summed E-state index contributed by atoms with van der Waals surface area (Å²) in [6.07, 6.45) is 6.12. The van der Waals surface area contributed by atoms with Gasteiger partial charge >= 0.3 is 0 Å². The van der Waals surface area contributed by atoms with Gasteiger partial charge in [-0.05, 0) is 11.6 Å². The van der Waals surface area contributed by atoms with Gasteiger partial charge in [-0.3, -0.25) is 9.88 Å². The second-order valence-electron chi connectivity index (χ2n) is 5.37. The monoisotopic (exact) mass is 322 g/mol. The molecule has 0 bridgehead atoms. The summed E-state index contributed by atoms with van der Waals surface area (Å²) < 4.78 is 36.1. The van der Waals surface area contributed by atoms with Crippen LogP contribution in [0.5, 0.6) is 0 Å². The minimum Gasteiger partial charge on any atom is -0.294 e. The predicted molar refractivity (Wildman–Crippen MR) is 77.2 cm³/mol. The lowest BCUT2D eigenvalue weighted by Gasteiger charge is -2.27. The van der Waals surface area contributed by atoms with Crippen LogP contribution in [-0.4, -0.2) is 41.1 Å². The molecule has 2 aromatic heterocycles. The van der Waals surface area contributed by atoms with Crippen LogP contribution in [0.3, 0.4) is 0 Å². The van der Waals surface area contributed by atoms with Crippen LogP contribution in [0, 0.1) is 5.82 Å². The zero-order valence-corrected chi connectivity index (χ0v) is 12.8. The molecule has 8 heteroatoms. The zero-order valence-electron chi connectivity index (χ0n) is 12.0. The van der Waals surface area contributed by atoms with E-state index in [0.717, 1.165) is 29.6 Å². The molecule has 0 saturated heterocycles. The van der Waals surface area contributed by atoms with Gasteiger partial charge in [-0.15, -0.1) is 0 Å². The van der Waals surface area contributed by atoms with Crippen molar-refractivity contribution in [1.82, 2.24) is 19.9 Å². The van der Waals surface area contributed by atoms with Crippen molar-refractivity contribution in [2.45, 2.75) is 24.7 Å². The van der Waals surface area contributed by atoms with Gasteiger partial charge in [0.05, 0.1) is 11.9 Å². The van der Waals surface area contributed by atoms with Gasteiger partial charge in [-0.1, -0.05) is 0 Å². The molecule has 22 heavy (non-hydrogen) atoms. The summed E-state index contributed by atoms with van der Waals surface area (Å²) in [4.78, 5) is 14.0. The predicted octanol–water partition coefficient (Wildman–Crippen LogP) is 0.973. The first kappa shape index (κ1) is 15.0. The van der Waals surface area contributed by atoms with Gasteiger partial charge in [0.25, 0.3) is 0 Å². The Labute approximate surface area is 128 Å². The third kappa shape index (κ3) is 3.28. The molecule has 1 aliphatic heterocycles. The Bertz CT molecular complexity index is 810. The van der Waals surface area contributed by atoms with E-state index >= 15 is 0 Å². The summed E-state index contributed by atoms with van der Waals surface area (Å²) >= 11 is 0. The second kappa shape index (κ2) is 5.69. The van der Waals surface area contributed by atoms with Crippen molar-refractivity contribution >= 4 is 9.84 Å². The van der Waals surface area contributed by atoms with E-state index in [4.69, 9.17) is 0 Å². The van der Waals surface area contributed by atoms with E-state index in [1.54, 1.807) is 12.4 Å². The Hall–Kier alpha value is -1.93. The molecule has 0 aliphatic carbocycles. The zero-order chi connectivity index (χ0) is 15.7. The molecular formula is C14H15FN4O2S. The highest BCUT2D eigenvalue weighted by atomic mass is 32.2. The third-order valence-corrected chi connectivity index (χ3v) is 4.35. The number of sulfone groups is 1. The number of aromatic nitrogens is 3. The van der Waals surface area contributed by atoms with Crippen molar-refractivity contribution in [1.29, 1.82) is 0 Å². The maximum absolute atomic E-state index is 13.2. The van der Waals surface area contributed by atoms with Crippen molar-refractivity contribution in [2.75, 3.05) is 12.8 Å². The maximum atomic E-state index is 13.2. The lowest BCUT2D eigenvalue weighted by atomic mass is 10.1. The fourth-order valence-corrected chi connectivity index (χ4v) is 2.99. The molecule has 3 heterocycles. The molecule has 0 fully saturated rings. The Kier molecular flexibility index (Phi) is 3.88. The van der Waals surface area contributed by atoms with Gasteiger partial charge in [-0.25, -0.2) is 22.8 Å². The topological polar surface area (TPSA) is 76.1 Å². The van der Waals surface area contributed by atoms with Crippen molar-refractivity contribution < 1.29 is 12.8 Å². The Balaban J connectivity index is 1.77. The third-order valence-electron chi connectivity index (χ3n) is 3.49. The number of nitrogens with zero attached hydrogens (tertiary/aromatic N) is 4. The lowest BCUT2D eigenvalue weighted by molar-refractivity contribution is 0.241. The van der Waals surface area contributed by atoms with Crippen LogP contribution in [0.4, 0.5) is 4.39 Å². The molecule has 0 atom stereocenters. The van der Waals surface area contributed by atoms with Gasteiger partial charge < -0.3 is 0 Å². The van der Waals surface area contributed by atoms with E-state index in [1.807, 2.05) is 0 Å². The van der Waals surface area contributed by atoms with Gasteiger partial charge in [0.1, 0.15) is 5.82 Å². The highest BCUT2D eigenvalue weighted by molar-refractivity contribution is 7.90. The van der Waals surface area contributed by atoms with Crippen LogP contribution in [0.2, 0.25) is 0 Å². The Morgan fingerprint density at radius 1 is 1.32 bits per heavy atom. The van der Waals surface area contributed by atoms with E-state index < -0.39 is 9.84 Å². The Morgan fingerprint density at radius 2 is 2.14 bits per heavy atom. The van der Waals surface area contributed by atoms with E-state index in [2.05, 4.69) is 19.9 Å². The molecule has 116 valence electrons. The summed E-state index contributed by atoms with van der Waals surface area (Å²) in [7, 11) is -3.39. The fraction of sp³-hybridized carbons (Fsp3) is 0.357. The molecule has 0 aromatic carbocycles. The van der Waals surface area contributed by atoms with E-state index in [0.29, 0.717) is 19.5 Å². The van der Waals surface area contributed by atoms with Gasteiger partial charge in [-0.2, -0.15) is 0 Å². The summed E-state index contributed by atoms with van der Waals surface area (Å²) in [6.45, 7) is 1.91. The summed E-state index contributed by atoms with van der Waals surface area (Å²) in [6, 6.07) is 1.46. The molecule has 0 amide bonds. The summed E-state index contributed by atoms with van der Waals surface area (Å²) in [5.74, 6) is -0.351. The van der Waals surface area contributed by atoms with E-state index in [-0.39, 0.29) is 11.0 Å². The molecular weight excluding hydrogens is 307 g/mol. The van der Waals surface area contributed by atoms with Crippen LogP contribution in [0.25, 0.3) is 0 Å². The quantitative estimate of drug-likeness (QED) is 0.784. The van der Waals surface area contributed by atoms with E-state index in [1.165, 1.54) is 12.3 Å². The molecule has 2 aromatic rings. The van der Waals surface area contributed by atoms with Crippen LogP contribution in [0.1, 0.15) is 16.8 Å². The summed E-state index contributed by atoms with van der Waals surface area (Å²) in [5, 5.41) is -0.131. The SMILES string of the molecule is CS(=O)(=O)c1ncc2c(n1)CCN(Cc1cncc(F)c1)C2. The van der Waals surface area contributed by atoms with Crippen molar-refractivity contribution in [3.8, 4) is 0 Å². The molecule has 3 rings (SSSR count). The number of hydrogen-bond acceptors (Lipinski definition) is 6. The smallest absolute Gasteiger partial charge is 0.246 e. The second-order valence-corrected chi connectivity index (χ2v) is 7.28. The number of halogens is 1. The highest BCUT2D eigenvalue weighted by Crippen LogP contribution is 2.19. The average Bonchev–Trinajstić information content (AvgIpc) is 2.45. The molecule has 0 spiro atoms. The fourth-order valence-electron chi connectivity index (χ4n) is 2.47. The number of rotatable bonds is 3. The van der Waals surface area contributed by atoms with Gasteiger partial charge in [0, 0.05) is 50.3 Å². The van der Waals surface area contributed by atoms with Crippen molar-refractivity contribution in [3.05, 3.63) is 47.3 Å². The van der Waals surface area contributed by atoms with Crippen LogP contribution >= 0.6 is 0 Å². The van der Waals surface area contributed by atoms with Crippen LogP contribution in [0.15, 0.2) is 29.8 Å².